The first-order chi connectivity index (χ1) is 11.7. The molecule has 0 N–H and O–H groups in total. The average molecular weight is 369 g/mol. The van der Waals surface area contributed by atoms with Crippen molar-refractivity contribution in [2.24, 2.45) is 0 Å². The summed E-state index contributed by atoms with van der Waals surface area (Å²) in [6, 6.07) is 2.64. The van der Waals surface area contributed by atoms with E-state index in [0.29, 0.717) is 22.6 Å². The summed E-state index contributed by atoms with van der Waals surface area (Å²) in [7, 11) is 0. The molecule has 0 saturated carbocycles. The summed E-state index contributed by atoms with van der Waals surface area (Å²) in [6.07, 6.45) is -2.73. The Balaban J connectivity index is 2.31. The second-order valence-electron chi connectivity index (χ2n) is 5.48. The van der Waals surface area contributed by atoms with Crippen LogP contribution in [0.3, 0.4) is 0 Å². The Morgan fingerprint density at radius 1 is 1.28 bits per heavy atom. The number of halogens is 4. The molecule has 3 aromatic rings. The van der Waals surface area contributed by atoms with Gasteiger partial charge in [0.2, 0.25) is 0 Å². The van der Waals surface area contributed by atoms with E-state index in [0.717, 1.165) is 11.6 Å². The summed E-state index contributed by atoms with van der Waals surface area (Å²) >= 11 is 1.22. The number of pyridine rings is 1. The van der Waals surface area contributed by atoms with Gasteiger partial charge in [-0.05, 0) is 30.2 Å². The van der Waals surface area contributed by atoms with Crippen LogP contribution in [0.4, 0.5) is 17.6 Å². The Hall–Kier alpha value is -2.48. The fourth-order valence-electron chi connectivity index (χ4n) is 2.69. The van der Waals surface area contributed by atoms with Crippen LogP contribution in [0, 0.1) is 12.7 Å². The predicted molar refractivity (Wildman–Crippen MR) is 87.3 cm³/mol. The Bertz CT molecular complexity index is 1030. The van der Waals surface area contributed by atoms with E-state index in [1.54, 1.807) is 12.3 Å². The number of hydrogen-bond acceptors (Lipinski definition) is 3. The third-order valence-corrected chi connectivity index (χ3v) is 4.94. The summed E-state index contributed by atoms with van der Waals surface area (Å²) in [6.45, 7) is 1.59. The van der Waals surface area contributed by atoms with Crippen LogP contribution < -0.4 is 5.56 Å². The first kappa shape index (κ1) is 17.3. The molecule has 3 rings (SSSR count). The number of fused-ring (bicyclic) bond motifs is 1. The minimum absolute atomic E-state index is 0.0975. The number of carbonyl (C=O) groups is 1. The van der Waals surface area contributed by atoms with E-state index in [2.05, 4.69) is 0 Å². The van der Waals surface area contributed by atoms with Crippen molar-refractivity contribution in [2.75, 3.05) is 0 Å². The summed E-state index contributed by atoms with van der Waals surface area (Å²) < 4.78 is 54.2. The number of alkyl halides is 3. The molecular weight excluding hydrogens is 358 g/mol. The smallest absolute Gasteiger partial charge is 0.308 e. The maximum atomic E-state index is 13.5. The molecule has 3 nitrogen and oxygen atoms in total. The van der Waals surface area contributed by atoms with Crippen LogP contribution in [0.2, 0.25) is 0 Å². The molecule has 0 bridgehead atoms. The van der Waals surface area contributed by atoms with Gasteiger partial charge in [0.1, 0.15) is 12.1 Å². The summed E-state index contributed by atoms with van der Waals surface area (Å²) in [5.41, 5.74) is -0.739. The van der Waals surface area contributed by atoms with Crippen LogP contribution >= 0.6 is 11.3 Å². The Morgan fingerprint density at radius 2 is 2.00 bits per heavy atom. The second-order valence-corrected chi connectivity index (χ2v) is 6.36. The zero-order chi connectivity index (χ0) is 18.4. The highest BCUT2D eigenvalue weighted by molar-refractivity contribution is 7.18. The van der Waals surface area contributed by atoms with Gasteiger partial charge in [-0.1, -0.05) is 6.07 Å². The molecule has 8 heteroatoms. The molecule has 0 fully saturated rings. The van der Waals surface area contributed by atoms with Crippen molar-refractivity contribution in [2.45, 2.75) is 19.6 Å². The summed E-state index contributed by atoms with van der Waals surface area (Å²) in [4.78, 5) is 23.3. The largest absolute Gasteiger partial charge is 0.419 e. The Morgan fingerprint density at radius 3 is 2.64 bits per heavy atom. The molecular formula is C17H11F4NO2S. The van der Waals surface area contributed by atoms with Gasteiger partial charge in [0.15, 0.2) is 0 Å². The summed E-state index contributed by atoms with van der Waals surface area (Å²) in [5.74, 6) is -1.37. The average Bonchev–Trinajstić information content (AvgIpc) is 2.97. The van der Waals surface area contributed by atoms with Gasteiger partial charge in [-0.2, -0.15) is 13.2 Å². The normalized spacial score (nSPS) is 11.9. The van der Waals surface area contributed by atoms with Crippen LogP contribution in [0.5, 0.6) is 0 Å². The zero-order valence-electron chi connectivity index (χ0n) is 12.9. The topological polar surface area (TPSA) is 39.1 Å². The molecule has 0 amide bonds. The molecule has 25 heavy (non-hydrogen) atoms. The molecule has 130 valence electrons. The standard InChI is InChI=1S/C17H11F4NO2S/c1-9-7-22(4-5-23)16(24)14-11(8-25-15(9)14)10-2-3-13(18)12(6-10)17(19,20)21/h2-3,5-8H,4H2,1H3. The van der Waals surface area contributed by atoms with Gasteiger partial charge in [-0.25, -0.2) is 4.39 Å². The molecule has 0 saturated heterocycles. The van der Waals surface area contributed by atoms with Gasteiger partial charge in [-0.3, -0.25) is 4.79 Å². The highest BCUT2D eigenvalue weighted by atomic mass is 32.1. The van der Waals surface area contributed by atoms with Gasteiger partial charge < -0.3 is 9.36 Å². The number of aldehydes is 1. The van der Waals surface area contributed by atoms with Crippen molar-refractivity contribution in [1.82, 2.24) is 4.57 Å². The van der Waals surface area contributed by atoms with Crippen molar-refractivity contribution in [3.05, 3.63) is 57.1 Å². The molecule has 0 spiro atoms. The second kappa shape index (κ2) is 6.11. The highest BCUT2D eigenvalue weighted by Crippen LogP contribution is 2.38. The molecule has 0 radical (unpaired) electrons. The first-order valence-corrected chi connectivity index (χ1v) is 8.04. The third kappa shape index (κ3) is 2.97. The SMILES string of the molecule is Cc1cn(CC=O)c(=O)c2c(-c3ccc(F)c(C(F)(F)F)c3)csc12. The summed E-state index contributed by atoms with van der Waals surface area (Å²) in [5, 5.41) is 1.80. The fraction of sp³-hybridized carbons (Fsp3) is 0.176. The first-order valence-electron chi connectivity index (χ1n) is 7.16. The third-order valence-electron chi connectivity index (χ3n) is 3.83. The maximum Gasteiger partial charge on any atom is 0.419 e. The lowest BCUT2D eigenvalue weighted by Gasteiger charge is -2.10. The van der Waals surface area contributed by atoms with Gasteiger partial charge in [0.05, 0.1) is 17.5 Å². The van der Waals surface area contributed by atoms with Crippen molar-refractivity contribution < 1.29 is 22.4 Å². The van der Waals surface area contributed by atoms with E-state index in [-0.39, 0.29) is 17.5 Å². The number of hydrogen-bond donors (Lipinski definition) is 0. The Labute approximate surface area is 143 Å². The number of thiophene rings is 1. The van der Waals surface area contributed by atoms with Crippen molar-refractivity contribution in [1.29, 1.82) is 0 Å². The lowest BCUT2D eigenvalue weighted by Crippen LogP contribution is -2.20. The highest BCUT2D eigenvalue weighted by Gasteiger charge is 2.34. The molecule has 2 heterocycles. The quantitative estimate of drug-likeness (QED) is 0.507. The maximum absolute atomic E-state index is 13.5. The van der Waals surface area contributed by atoms with E-state index in [1.165, 1.54) is 28.2 Å². The minimum Gasteiger partial charge on any atom is -0.308 e. The molecule has 2 aromatic heterocycles. The van der Waals surface area contributed by atoms with Gasteiger partial charge in [0, 0.05) is 21.8 Å². The molecule has 0 aliphatic rings. The Kier molecular flexibility index (Phi) is 4.24. The van der Waals surface area contributed by atoms with Crippen LogP contribution in [0.1, 0.15) is 11.1 Å². The number of aryl methyl sites for hydroxylation is 1. The molecule has 1 aromatic carbocycles. The van der Waals surface area contributed by atoms with Crippen molar-refractivity contribution in [3.8, 4) is 11.1 Å². The molecule has 0 atom stereocenters. The number of rotatable bonds is 3. The molecule has 0 aliphatic heterocycles. The van der Waals surface area contributed by atoms with Crippen molar-refractivity contribution >= 4 is 27.7 Å². The lowest BCUT2D eigenvalue weighted by molar-refractivity contribution is -0.139. The zero-order valence-corrected chi connectivity index (χ0v) is 13.7. The van der Waals surface area contributed by atoms with E-state index in [1.807, 2.05) is 0 Å². The van der Waals surface area contributed by atoms with Crippen LogP contribution in [-0.2, 0) is 17.5 Å². The fourth-order valence-corrected chi connectivity index (χ4v) is 3.74. The molecule has 0 aliphatic carbocycles. The van der Waals surface area contributed by atoms with E-state index in [9.17, 15) is 27.2 Å². The number of carbonyl (C=O) groups excluding carboxylic acids is 1. The van der Waals surface area contributed by atoms with Crippen LogP contribution in [0.15, 0.2) is 34.6 Å². The van der Waals surface area contributed by atoms with Crippen LogP contribution in [-0.4, -0.2) is 10.9 Å². The number of nitrogens with zero attached hydrogens (tertiary/aromatic N) is 1. The van der Waals surface area contributed by atoms with Gasteiger partial charge in [-0.15, -0.1) is 11.3 Å². The minimum atomic E-state index is -4.83. The van der Waals surface area contributed by atoms with E-state index in [4.69, 9.17) is 0 Å². The number of aromatic nitrogens is 1. The van der Waals surface area contributed by atoms with E-state index >= 15 is 0 Å². The van der Waals surface area contributed by atoms with Crippen LogP contribution in [0.25, 0.3) is 21.2 Å². The van der Waals surface area contributed by atoms with Gasteiger partial charge >= 0.3 is 6.18 Å². The lowest BCUT2D eigenvalue weighted by atomic mass is 10.0. The van der Waals surface area contributed by atoms with Gasteiger partial charge in [0.25, 0.3) is 5.56 Å². The van der Waals surface area contributed by atoms with Crippen molar-refractivity contribution in [3.63, 3.8) is 0 Å². The molecule has 0 unspecified atom stereocenters. The van der Waals surface area contributed by atoms with E-state index < -0.39 is 23.1 Å². The predicted octanol–water partition coefficient (Wildman–Crippen LogP) is 4.40. The number of benzene rings is 1. The monoisotopic (exact) mass is 369 g/mol.